The van der Waals surface area contributed by atoms with Gasteiger partial charge in [0, 0.05) is 12.6 Å². The number of aromatic nitrogens is 2. The molecule has 0 saturated carbocycles. The van der Waals surface area contributed by atoms with E-state index >= 15 is 0 Å². The largest absolute Gasteiger partial charge is 0.364 e. The third-order valence-corrected chi connectivity index (χ3v) is 1.82. The Kier molecular flexibility index (Phi) is 2.17. The molecule has 0 saturated heterocycles. The fourth-order valence-electron chi connectivity index (χ4n) is 1.18. The third-order valence-electron chi connectivity index (χ3n) is 1.82. The Morgan fingerprint density at radius 3 is 2.58 bits per heavy atom. The molecule has 0 aliphatic heterocycles. The molecule has 1 aromatic rings. The molecule has 0 aliphatic rings. The second kappa shape index (κ2) is 2.97. The number of carbonyl (C=O) groups excluding carboxylic acids is 1. The van der Waals surface area contributed by atoms with Gasteiger partial charge in [0.25, 0.3) is 5.91 Å². The number of primary amides is 1. The molecule has 1 heterocycles. The summed E-state index contributed by atoms with van der Waals surface area (Å²) >= 11 is 0. The Bertz CT molecular complexity index is 301. The van der Waals surface area contributed by atoms with E-state index in [1.165, 1.54) is 4.68 Å². The number of aryl methyl sites for hydroxylation is 1. The summed E-state index contributed by atoms with van der Waals surface area (Å²) in [4.78, 5) is 11.0. The van der Waals surface area contributed by atoms with Gasteiger partial charge in [-0.1, -0.05) is 13.8 Å². The smallest absolute Gasteiger partial charge is 0.267 e. The molecule has 1 aromatic heterocycles. The molecular formula is C8H13N3O. The van der Waals surface area contributed by atoms with Crippen molar-refractivity contribution in [1.82, 2.24) is 9.78 Å². The van der Waals surface area contributed by atoms with Crippen LogP contribution < -0.4 is 5.73 Å². The van der Waals surface area contributed by atoms with Crippen molar-refractivity contribution < 1.29 is 4.79 Å². The van der Waals surface area contributed by atoms with Gasteiger partial charge in [-0.25, -0.2) is 0 Å². The predicted octanol–water partition coefficient (Wildman–Crippen LogP) is 0.642. The first-order valence-electron chi connectivity index (χ1n) is 3.85. The summed E-state index contributed by atoms with van der Waals surface area (Å²) in [7, 11) is 1.71. The standard InChI is InChI=1S/C8H13N3O/c1-5(2)6-4-10-11(3)7(6)8(9)12/h4-5H,1-3H3,(H2,9,12). The number of hydrogen-bond donors (Lipinski definition) is 1. The first-order chi connectivity index (χ1) is 5.54. The minimum Gasteiger partial charge on any atom is -0.364 e. The molecule has 4 heteroatoms. The van der Waals surface area contributed by atoms with Gasteiger partial charge in [-0.05, 0) is 5.92 Å². The van der Waals surface area contributed by atoms with Crippen molar-refractivity contribution in [2.45, 2.75) is 19.8 Å². The fraction of sp³-hybridized carbons (Fsp3) is 0.500. The first-order valence-corrected chi connectivity index (χ1v) is 3.85. The maximum atomic E-state index is 11.0. The van der Waals surface area contributed by atoms with E-state index in [0.717, 1.165) is 5.56 Å². The molecule has 66 valence electrons. The average Bonchev–Trinajstić information content (AvgIpc) is 2.30. The van der Waals surface area contributed by atoms with Crippen molar-refractivity contribution in [3.63, 3.8) is 0 Å². The zero-order valence-corrected chi connectivity index (χ0v) is 7.53. The normalized spacial score (nSPS) is 10.7. The first kappa shape index (κ1) is 8.77. The maximum absolute atomic E-state index is 11.0. The second-order valence-corrected chi connectivity index (χ2v) is 3.09. The van der Waals surface area contributed by atoms with E-state index in [-0.39, 0.29) is 5.92 Å². The number of hydrogen-bond acceptors (Lipinski definition) is 2. The van der Waals surface area contributed by atoms with Crippen LogP contribution in [0.15, 0.2) is 6.20 Å². The molecule has 2 N–H and O–H groups in total. The second-order valence-electron chi connectivity index (χ2n) is 3.09. The lowest BCUT2D eigenvalue weighted by Gasteiger charge is -2.03. The van der Waals surface area contributed by atoms with Crippen molar-refractivity contribution >= 4 is 5.91 Å². The summed E-state index contributed by atoms with van der Waals surface area (Å²) in [6.07, 6.45) is 1.69. The SMILES string of the molecule is CC(C)c1cnn(C)c1C(N)=O. The van der Waals surface area contributed by atoms with Gasteiger partial charge < -0.3 is 5.73 Å². The van der Waals surface area contributed by atoms with E-state index in [1.54, 1.807) is 13.2 Å². The van der Waals surface area contributed by atoms with Crippen molar-refractivity contribution in [3.8, 4) is 0 Å². The van der Waals surface area contributed by atoms with E-state index in [4.69, 9.17) is 5.73 Å². The van der Waals surface area contributed by atoms with Crippen LogP contribution >= 0.6 is 0 Å². The van der Waals surface area contributed by atoms with Gasteiger partial charge >= 0.3 is 0 Å². The fourth-order valence-corrected chi connectivity index (χ4v) is 1.18. The molecule has 4 nitrogen and oxygen atoms in total. The van der Waals surface area contributed by atoms with Gasteiger partial charge in [0.05, 0.1) is 6.20 Å². The maximum Gasteiger partial charge on any atom is 0.267 e. The molecule has 0 bridgehead atoms. The Hall–Kier alpha value is -1.32. The summed E-state index contributed by atoms with van der Waals surface area (Å²) in [6, 6.07) is 0. The Balaban J connectivity index is 3.21. The minimum atomic E-state index is -0.418. The van der Waals surface area contributed by atoms with Crippen LogP contribution in [0.2, 0.25) is 0 Å². The van der Waals surface area contributed by atoms with Gasteiger partial charge in [0.15, 0.2) is 0 Å². The molecule has 0 aliphatic carbocycles. The Labute approximate surface area is 71.4 Å². The highest BCUT2D eigenvalue weighted by atomic mass is 16.1. The van der Waals surface area contributed by atoms with Gasteiger partial charge in [-0.3, -0.25) is 9.48 Å². The monoisotopic (exact) mass is 167 g/mol. The average molecular weight is 167 g/mol. The molecule has 0 spiro atoms. The third kappa shape index (κ3) is 1.32. The summed E-state index contributed by atoms with van der Waals surface area (Å²) in [6.45, 7) is 4.01. The molecular weight excluding hydrogens is 154 g/mol. The van der Waals surface area contributed by atoms with Gasteiger partial charge in [0.2, 0.25) is 0 Å². The molecule has 0 atom stereocenters. The molecule has 12 heavy (non-hydrogen) atoms. The van der Waals surface area contributed by atoms with Gasteiger partial charge in [0.1, 0.15) is 5.69 Å². The van der Waals surface area contributed by atoms with Crippen LogP contribution in [0, 0.1) is 0 Å². The Morgan fingerprint density at radius 2 is 2.25 bits per heavy atom. The van der Waals surface area contributed by atoms with Crippen molar-refractivity contribution in [2.75, 3.05) is 0 Å². The summed E-state index contributed by atoms with van der Waals surface area (Å²) in [5.74, 6) is -0.139. The predicted molar refractivity (Wildman–Crippen MR) is 45.8 cm³/mol. The topological polar surface area (TPSA) is 60.9 Å². The molecule has 1 amide bonds. The van der Waals surface area contributed by atoms with Crippen LogP contribution in [0.4, 0.5) is 0 Å². The molecule has 1 rings (SSSR count). The highest BCUT2D eigenvalue weighted by molar-refractivity contribution is 5.92. The number of nitrogens with zero attached hydrogens (tertiary/aromatic N) is 2. The quantitative estimate of drug-likeness (QED) is 0.702. The highest BCUT2D eigenvalue weighted by Crippen LogP contribution is 2.17. The van der Waals surface area contributed by atoms with Gasteiger partial charge in [-0.15, -0.1) is 0 Å². The molecule has 0 fully saturated rings. The number of amides is 1. The number of rotatable bonds is 2. The van der Waals surface area contributed by atoms with Crippen LogP contribution in [0.3, 0.4) is 0 Å². The lowest BCUT2D eigenvalue weighted by atomic mass is 10.0. The molecule has 0 radical (unpaired) electrons. The van der Waals surface area contributed by atoms with Crippen LogP contribution in [-0.2, 0) is 7.05 Å². The summed E-state index contributed by atoms with van der Waals surface area (Å²) < 4.78 is 1.51. The highest BCUT2D eigenvalue weighted by Gasteiger charge is 2.15. The lowest BCUT2D eigenvalue weighted by molar-refractivity contribution is 0.0990. The Morgan fingerprint density at radius 1 is 1.67 bits per heavy atom. The van der Waals surface area contributed by atoms with Crippen LogP contribution in [0.5, 0.6) is 0 Å². The van der Waals surface area contributed by atoms with E-state index in [9.17, 15) is 4.79 Å². The lowest BCUT2D eigenvalue weighted by Crippen LogP contribution is -2.18. The zero-order valence-electron chi connectivity index (χ0n) is 7.53. The van der Waals surface area contributed by atoms with Gasteiger partial charge in [-0.2, -0.15) is 5.10 Å². The summed E-state index contributed by atoms with van der Waals surface area (Å²) in [5.41, 5.74) is 6.61. The minimum absolute atomic E-state index is 0.279. The zero-order chi connectivity index (χ0) is 9.30. The number of carbonyl (C=O) groups is 1. The van der Waals surface area contributed by atoms with E-state index in [0.29, 0.717) is 5.69 Å². The summed E-state index contributed by atoms with van der Waals surface area (Å²) in [5, 5.41) is 3.97. The van der Waals surface area contributed by atoms with Crippen LogP contribution in [0.1, 0.15) is 35.8 Å². The van der Waals surface area contributed by atoms with Crippen molar-refractivity contribution in [1.29, 1.82) is 0 Å². The van der Waals surface area contributed by atoms with E-state index in [1.807, 2.05) is 13.8 Å². The van der Waals surface area contributed by atoms with Crippen LogP contribution in [-0.4, -0.2) is 15.7 Å². The number of nitrogens with two attached hydrogens (primary N) is 1. The van der Waals surface area contributed by atoms with E-state index < -0.39 is 5.91 Å². The van der Waals surface area contributed by atoms with Crippen molar-refractivity contribution in [2.24, 2.45) is 12.8 Å². The van der Waals surface area contributed by atoms with Crippen LogP contribution in [0.25, 0.3) is 0 Å². The molecule has 0 aromatic carbocycles. The van der Waals surface area contributed by atoms with E-state index in [2.05, 4.69) is 5.10 Å². The molecule has 0 unspecified atom stereocenters. The van der Waals surface area contributed by atoms with Crippen molar-refractivity contribution in [3.05, 3.63) is 17.5 Å².